The van der Waals surface area contributed by atoms with E-state index in [1.54, 1.807) is 61.0 Å². The Morgan fingerprint density at radius 1 is 1.12 bits per heavy atom. The van der Waals surface area contributed by atoms with Gasteiger partial charge in [0.15, 0.2) is 0 Å². The number of esters is 1. The van der Waals surface area contributed by atoms with Crippen LogP contribution in [0.3, 0.4) is 0 Å². The highest BCUT2D eigenvalue weighted by molar-refractivity contribution is 6.05. The number of carbonyl (C=O) groups is 1. The molecule has 3 heterocycles. The second kappa shape index (κ2) is 8.37. The number of ether oxygens (including phenoxy) is 1. The van der Waals surface area contributed by atoms with E-state index < -0.39 is 11.8 Å². The minimum atomic E-state index is -0.515. The SMILES string of the molecule is CCOC(=O)c1cc(-c2ccnc(C#N)c2)cc2c1nc(C)n2-c1ccnc2cccc(F)c12. The Morgan fingerprint density at radius 2 is 1.94 bits per heavy atom. The fourth-order valence-electron chi connectivity index (χ4n) is 4.13. The van der Waals surface area contributed by atoms with Crippen molar-refractivity contribution in [1.29, 1.82) is 5.26 Å². The van der Waals surface area contributed by atoms with Gasteiger partial charge in [-0.3, -0.25) is 9.55 Å². The fourth-order valence-corrected chi connectivity index (χ4v) is 4.13. The lowest BCUT2D eigenvalue weighted by Crippen LogP contribution is -2.06. The molecule has 0 saturated heterocycles. The van der Waals surface area contributed by atoms with Crippen molar-refractivity contribution in [3.05, 3.63) is 83.8 Å². The molecule has 5 rings (SSSR count). The van der Waals surface area contributed by atoms with Crippen LogP contribution in [0.15, 0.2) is 60.9 Å². The highest BCUT2D eigenvalue weighted by Crippen LogP contribution is 2.33. The average molecular weight is 451 g/mol. The van der Waals surface area contributed by atoms with Crippen LogP contribution in [-0.2, 0) is 4.74 Å². The second-order valence-electron chi connectivity index (χ2n) is 7.61. The van der Waals surface area contributed by atoms with E-state index in [0.29, 0.717) is 44.6 Å². The van der Waals surface area contributed by atoms with Crippen molar-refractivity contribution in [3.63, 3.8) is 0 Å². The maximum atomic E-state index is 14.9. The van der Waals surface area contributed by atoms with Crippen molar-refractivity contribution in [2.75, 3.05) is 6.61 Å². The molecule has 3 aromatic heterocycles. The van der Waals surface area contributed by atoms with Gasteiger partial charge in [0, 0.05) is 12.4 Å². The Bertz CT molecular complexity index is 1630. The predicted molar refractivity (Wildman–Crippen MR) is 125 cm³/mol. The molecule has 5 aromatic rings. The van der Waals surface area contributed by atoms with E-state index >= 15 is 0 Å². The minimum Gasteiger partial charge on any atom is -0.462 e. The van der Waals surface area contributed by atoms with Crippen molar-refractivity contribution in [3.8, 4) is 22.9 Å². The largest absolute Gasteiger partial charge is 0.462 e. The summed E-state index contributed by atoms with van der Waals surface area (Å²) in [7, 11) is 0. The molecule has 0 atom stereocenters. The molecule has 0 aliphatic rings. The van der Waals surface area contributed by atoms with Gasteiger partial charge >= 0.3 is 5.97 Å². The third-order valence-electron chi connectivity index (χ3n) is 5.57. The van der Waals surface area contributed by atoms with Crippen LogP contribution >= 0.6 is 0 Å². The number of aryl methyl sites for hydroxylation is 1. The number of fused-ring (bicyclic) bond motifs is 2. The van der Waals surface area contributed by atoms with Crippen molar-refractivity contribution in [2.45, 2.75) is 13.8 Å². The average Bonchev–Trinajstić information content (AvgIpc) is 3.19. The highest BCUT2D eigenvalue weighted by Gasteiger charge is 2.22. The molecule has 8 heteroatoms. The lowest BCUT2D eigenvalue weighted by Gasteiger charge is -2.13. The van der Waals surface area contributed by atoms with Gasteiger partial charge in [0.05, 0.1) is 34.3 Å². The molecule has 0 fully saturated rings. The number of hydrogen-bond acceptors (Lipinski definition) is 6. The fraction of sp³-hybridized carbons (Fsp3) is 0.115. The zero-order valence-corrected chi connectivity index (χ0v) is 18.4. The number of nitriles is 1. The molecule has 166 valence electrons. The molecule has 2 aromatic carbocycles. The molecule has 34 heavy (non-hydrogen) atoms. The quantitative estimate of drug-likeness (QED) is 0.352. The summed E-state index contributed by atoms with van der Waals surface area (Å²) in [6, 6.07) is 15.4. The summed E-state index contributed by atoms with van der Waals surface area (Å²) < 4.78 is 22.0. The van der Waals surface area contributed by atoms with Crippen LogP contribution in [0, 0.1) is 24.1 Å². The van der Waals surface area contributed by atoms with Gasteiger partial charge in [0.25, 0.3) is 0 Å². The summed E-state index contributed by atoms with van der Waals surface area (Å²) >= 11 is 0. The number of carbonyl (C=O) groups excluding carboxylic acids is 1. The van der Waals surface area contributed by atoms with Gasteiger partial charge in [0.2, 0.25) is 0 Å². The number of aromatic nitrogens is 4. The van der Waals surface area contributed by atoms with Crippen molar-refractivity contribution in [2.24, 2.45) is 0 Å². The molecule has 0 saturated carbocycles. The molecule has 0 amide bonds. The van der Waals surface area contributed by atoms with Crippen molar-refractivity contribution in [1.82, 2.24) is 19.5 Å². The third kappa shape index (κ3) is 3.44. The van der Waals surface area contributed by atoms with E-state index in [1.165, 1.54) is 12.3 Å². The van der Waals surface area contributed by atoms with Gasteiger partial charge in [-0.2, -0.15) is 5.26 Å². The van der Waals surface area contributed by atoms with E-state index in [1.807, 2.05) is 12.1 Å². The van der Waals surface area contributed by atoms with E-state index in [4.69, 9.17) is 4.74 Å². The lowest BCUT2D eigenvalue weighted by atomic mass is 10.0. The van der Waals surface area contributed by atoms with E-state index in [0.717, 1.165) is 0 Å². The molecule has 0 bridgehead atoms. The van der Waals surface area contributed by atoms with Crippen molar-refractivity contribution >= 4 is 27.9 Å². The normalized spacial score (nSPS) is 11.0. The summed E-state index contributed by atoms with van der Waals surface area (Å²) in [6.07, 6.45) is 3.15. The molecule has 0 N–H and O–H groups in total. The summed E-state index contributed by atoms with van der Waals surface area (Å²) in [5.41, 5.74) is 4.02. The van der Waals surface area contributed by atoms with E-state index in [2.05, 4.69) is 15.0 Å². The number of imidazole rings is 1. The number of nitrogens with zero attached hydrogens (tertiary/aromatic N) is 5. The first-order valence-electron chi connectivity index (χ1n) is 10.6. The van der Waals surface area contributed by atoms with Crippen LogP contribution in [0.5, 0.6) is 0 Å². The summed E-state index contributed by atoms with van der Waals surface area (Å²) in [5, 5.41) is 9.63. The molecular formula is C26H18FN5O2. The minimum absolute atomic E-state index is 0.207. The Kier molecular flexibility index (Phi) is 5.22. The summed E-state index contributed by atoms with van der Waals surface area (Å²) in [6.45, 7) is 3.73. The maximum absolute atomic E-state index is 14.9. The van der Waals surface area contributed by atoms with Crippen LogP contribution in [0.1, 0.15) is 28.8 Å². The number of hydrogen-bond donors (Lipinski definition) is 0. The summed E-state index contributed by atoms with van der Waals surface area (Å²) in [4.78, 5) is 25.9. The topological polar surface area (TPSA) is 93.7 Å². The van der Waals surface area contributed by atoms with Gasteiger partial charge in [-0.25, -0.2) is 19.2 Å². The zero-order valence-electron chi connectivity index (χ0n) is 18.4. The predicted octanol–water partition coefficient (Wildman–Crippen LogP) is 5.13. The second-order valence-corrected chi connectivity index (χ2v) is 7.61. The molecule has 7 nitrogen and oxygen atoms in total. The maximum Gasteiger partial charge on any atom is 0.340 e. The molecule has 0 unspecified atom stereocenters. The smallest absolute Gasteiger partial charge is 0.340 e. The molecule has 0 aliphatic heterocycles. The first-order valence-corrected chi connectivity index (χ1v) is 10.6. The van der Waals surface area contributed by atoms with Gasteiger partial charge in [-0.05, 0) is 67.4 Å². The van der Waals surface area contributed by atoms with Gasteiger partial charge in [-0.1, -0.05) is 6.07 Å². The van der Waals surface area contributed by atoms with E-state index in [9.17, 15) is 14.4 Å². The lowest BCUT2D eigenvalue weighted by molar-refractivity contribution is 0.0528. The van der Waals surface area contributed by atoms with Gasteiger partial charge in [-0.15, -0.1) is 0 Å². The monoisotopic (exact) mass is 451 g/mol. The zero-order chi connectivity index (χ0) is 23.8. The number of halogens is 1. The van der Waals surface area contributed by atoms with E-state index in [-0.39, 0.29) is 17.9 Å². The number of pyridine rings is 2. The Morgan fingerprint density at radius 3 is 2.74 bits per heavy atom. The van der Waals surface area contributed by atoms with Crippen LogP contribution < -0.4 is 0 Å². The standard InChI is InChI=1S/C26H18FN5O2/c1-3-34-26(33)19-12-17(16-7-9-29-18(11-16)14-28)13-23-25(19)31-15(2)32(23)22-8-10-30-21-6-4-5-20(27)24(21)22/h4-13H,3H2,1-2H3. The Labute approximate surface area is 194 Å². The van der Waals surface area contributed by atoms with Crippen LogP contribution in [0.2, 0.25) is 0 Å². The summed E-state index contributed by atoms with van der Waals surface area (Å²) in [5.74, 6) is -0.350. The first kappa shape index (κ1) is 21.2. The highest BCUT2D eigenvalue weighted by atomic mass is 19.1. The molecule has 0 radical (unpaired) electrons. The Balaban J connectivity index is 1.87. The van der Waals surface area contributed by atoms with Gasteiger partial charge < -0.3 is 4.74 Å². The van der Waals surface area contributed by atoms with Crippen molar-refractivity contribution < 1.29 is 13.9 Å². The van der Waals surface area contributed by atoms with Crippen LogP contribution in [-0.4, -0.2) is 32.1 Å². The van der Waals surface area contributed by atoms with Gasteiger partial charge in [0.1, 0.15) is 28.9 Å². The third-order valence-corrected chi connectivity index (χ3v) is 5.57. The Hall–Kier alpha value is -4.64. The number of benzene rings is 2. The molecule has 0 spiro atoms. The number of rotatable bonds is 4. The van der Waals surface area contributed by atoms with Crippen LogP contribution in [0.25, 0.3) is 38.8 Å². The molecule has 0 aliphatic carbocycles. The van der Waals surface area contributed by atoms with Crippen LogP contribution in [0.4, 0.5) is 4.39 Å². The molecular weight excluding hydrogens is 433 g/mol. The first-order chi connectivity index (χ1) is 16.5.